The summed E-state index contributed by atoms with van der Waals surface area (Å²) in [7, 11) is 0. The average Bonchev–Trinajstić information content (AvgIpc) is 2.83. The van der Waals surface area contributed by atoms with Crippen molar-refractivity contribution in [1.82, 2.24) is 4.90 Å². The molecule has 0 amide bonds. The number of rotatable bonds is 8. The van der Waals surface area contributed by atoms with Crippen molar-refractivity contribution >= 4 is 17.7 Å². The topological polar surface area (TPSA) is 49.8 Å². The Morgan fingerprint density at radius 1 is 1.03 bits per heavy atom. The predicted octanol–water partition coefficient (Wildman–Crippen LogP) is 5.84. The molecule has 2 aliphatic heterocycles. The number of carbonyl (C=O) groups is 1. The van der Waals surface area contributed by atoms with Crippen LogP contribution in [-0.4, -0.2) is 47.1 Å². The summed E-state index contributed by atoms with van der Waals surface area (Å²) in [6.07, 6.45) is 5.02. The van der Waals surface area contributed by atoms with Gasteiger partial charge in [-0.2, -0.15) is 11.8 Å². The van der Waals surface area contributed by atoms with Crippen molar-refractivity contribution in [3.05, 3.63) is 64.7 Å². The third-order valence-corrected chi connectivity index (χ3v) is 8.04. The summed E-state index contributed by atoms with van der Waals surface area (Å²) in [6.45, 7) is 5.44. The van der Waals surface area contributed by atoms with Gasteiger partial charge in [-0.3, -0.25) is 4.79 Å². The molecule has 2 aromatic carbocycles. The van der Waals surface area contributed by atoms with Gasteiger partial charge in [0.25, 0.3) is 0 Å². The second-order valence-corrected chi connectivity index (χ2v) is 10.4. The van der Waals surface area contributed by atoms with Crippen LogP contribution in [0.25, 0.3) is 0 Å². The van der Waals surface area contributed by atoms with Crippen LogP contribution in [0.4, 0.5) is 0 Å². The highest BCUT2D eigenvalue weighted by atomic mass is 32.2. The van der Waals surface area contributed by atoms with Gasteiger partial charge in [-0.05, 0) is 103 Å². The predicted molar refractivity (Wildman–Crippen MR) is 132 cm³/mol. The highest BCUT2D eigenvalue weighted by molar-refractivity contribution is 7.99. The Bertz CT molecular complexity index is 884. The molecule has 0 aromatic heterocycles. The standard InChI is InChI=1S/C27H35NO3S/c1-20-18-25(6-7-26(20)24-11-16-32-17-12-24)31-19-21-2-4-22(5-3-21)23-8-13-28(14-9-23)15-10-27(29)30/h2-7,18,23-24H,8-17,19H2,1H3,(H,29,30). The van der Waals surface area contributed by atoms with E-state index in [1.54, 1.807) is 0 Å². The third-order valence-electron chi connectivity index (χ3n) is 6.99. The van der Waals surface area contributed by atoms with Gasteiger partial charge in [0.1, 0.15) is 12.4 Å². The molecule has 2 aliphatic rings. The normalized spacial score (nSPS) is 18.5. The lowest BCUT2D eigenvalue weighted by atomic mass is 9.89. The van der Waals surface area contributed by atoms with Crippen molar-refractivity contribution in [2.24, 2.45) is 0 Å². The molecule has 5 heteroatoms. The lowest BCUT2D eigenvalue weighted by Crippen LogP contribution is -2.34. The van der Waals surface area contributed by atoms with Gasteiger partial charge >= 0.3 is 5.97 Å². The summed E-state index contributed by atoms with van der Waals surface area (Å²) in [5, 5.41) is 8.86. The summed E-state index contributed by atoms with van der Waals surface area (Å²) in [5.41, 5.74) is 5.43. The number of benzene rings is 2. The monoisotopic (exact) mass is 453 g/mol. The lowest BCUT2D eigenvalue weighted by Gasteiger charge is -2.31. The molecule has 0 spiro atoms. The first-order valence-corrected chi connectivity index (χ1v) is 13.1. The highest BCUT2D eigenvalue weighted by Crippen LogP contribution is 2.34. The maximum absolute atomic E-state index is 10.8. The number of likely N-dealkylation sites (tertiary alicyclic amines) is 1. The van der Waals surface area contributed by atoms with E-state index in [0.717, 1.165) is 31.7 Å². The van der Waals surface area contributed by atoms with Crippen LogP contribution >= 0.6 is 11.8 Å². The number of aliphatic carboxylic acids is 1. The molecule has 2 aromatic rings. The smallest absolute Gasteiger partial charge is 0.304 e. The number of nitrogens with zero attached hydrogens (tertiary/aromatic N) is 1. The molecule has 0 unspecified atom stereocenters. The molecule has 172 valence electrons. The number of carboxylic acid groups (broad SMARTS) is 1. The lowest BCUT2D eigenvalue weighted by molar-refractivity contribution is -0.137. The molecular formula is C27H35NO3S. The number of thioether (sulfide) groups is 1. The van der Waals surface area contributed by atoms with Gasteiger partial charge in [-0.15, -0.1) is 0 Å². The first-order chi connectivity index (χ1) is 15.6. The van der Waals surface area contributed by atoms with E-state index in [1.807, 2.05) is 0 Å². The van der Waals surface area contributed by atoms with Crippen molar-refractivity contribution < 1.29 is 14.6 Å². The van der Waals surface area contributed by atoms with Crippen LogP contribution in [0.5, 0.6) is 5.75 Å². The van der Waals surface area contributed by atoms with E-state index in [4.69, 9.17) is 9.84 Å². The van der Waals surface area contributed by atoms with Crippen LogP contribution in [0.15, 0.2) is 42.5 Å². The van der Waals surface area contributed by atoms with Gasteiger partial charge in [-0.25, -0.2) is 0 Å². The van der Waals surface area contributed by atoms with Crippen LogP contribution in [0.1, 0.15) is 66.2 Å². The molecule has 1 N–H and O–H groups in total. The molecule has 0 aliphatic carbocycles. The van der Waals surface area contributed by atoms with E-state index in [1.165, 1.54) is 46.6 Å². The van der Waals surface area contributed by atoms with E-state index in [2.05, 4.69) is 66.1 Å². The Kier molecular flexibility index (Phi) is 8.15. The Balaban J connectivity index is 1.26. The number of aryl methyl sites for hydroxylation is 1. The fourth-order valence-corrected chi connectivity index (χ4v) is 6.11. The second-order valence-electron chi connectivity index (χ2n) is 9.19. The molecular weight excluding hydrogens is 418 g/mol. The maximum Gasteiger partial charge on any atom is 0.304 e. The van der Waals surface area contributed by atoms with E-state index in [-0.39, 0.29) is 6.42 Å². The average molecular weight is 454 g/mol. The first-order valence-electron chi connectivity index (χ1n) is 11.9. The minimum Gasteiger partial charge on any atom is -0.489 e. The van der Waals surface area contributed by atoms with Gasteiger partial charge in [0, 0.05) is 6.54 Å². The van der Waals surface area contributed by atoms with E-state index >= 15 is 0 Å². The molecule has 4 rings (SSSR count). The molecule has 0 atom stereocenters. The van der Waals surface area contributed by atoms with Crippen LogP contribution < -0.4 is 4.74 Å². The zero-order chi connectivity index (χ0) is 22.3. The van der Waals surface area contributed by atoms with Crippen LogP contribution in [0.2, 0.25) is 0 Å². The summed E-state index contributed by atoms with van der Waals surface area (Å²) in [6, 6.07) is 15.5. The van der Waals surface area contributed by atoms with Gasteiger partial charge in [-0.1, -0.05) is 30.3 Å². The Morgan fingerprint density at radius 3 is 2.41 bits per heavy atom. The van der Waals surface area contributed by atoms with Crippen LogP contribution in [0, 0.1) is 6.92 Å². The minimum absolute atomic E-state index is 0.237. The van der Waals surface area contributed by atoms with Crippen LogP contribution in [-0.2, 0) is 11.4 Å². The summed E-state index contributed by atoms with van der Waals surface area (Å²) in [4.78, 5) is 13.0. The highest BCUT2D eigenvalue weighted by Gasteiger charge is 2.21. The van der Waals surface area contributed by atoms with E-state index < -0.39 is 5.97 Å². The number of piperidine rings is 1. The Hall–Kier alpha value is -1.98. The fraction of sp³-hybridized carbons (Fsp3) is 0.519. The summed E-state index contributed by atoms with van der Waals surface area (Å²) < 4.78 is 6.10. The van der Waals surface area contributed by atoms with Gasteiger partial charge < -0.3 is 14.7 Å². The fourth-order valence-electron chi connectivity index (χ4n) is 5.00. The quantitative estimate of drug-likeness (QED) is 0.544. The van der Waals surface area contributed by atoms with Crippen molar-refractivity contribution in [2.45, 2.75) is 57.5 Å². The van der Waals surface area contributed by atoms with Crippen molar-refractivity contribution in [1.29, 1.82) is 0 Å². The molecule has 32 heavy (non-hydrogen) atoms. The van der Waals surface area contributed by atoms with Gasteiger partial charge in [0.15, 0.2) is 0 Å². The number of hydrogen-bond donors (Lipinski definition) is 1. The van der Waals surface area contributed by atoms with Crippen molar-refractivity contribution in [3.63, 3.8) is 0 Å². The SMILES string of the molecule is Cc1cc(OCc2ccc(C3CCN(CCC(=O)O)CC3)cc2)ccc1C1CCSCC1. The first kappa shape index (κ1) is 23.2. The van der Waals surface area contributed by atoms with Crippen LogP contribution in [0.3, 0.4) is 0 Å². The van der Waals surface area contributed by atoms with Gasteiger partial charge in [0.2, 0.25) is 0 Å². The maximum atomic E-state index is 10.8. The van der Waals surface area contributed by atoms with Gasteiger partial charge in [0.05, 0.1) is 6.42 Å². The Labute approximate surface area is 196 Å². The summed E-state index contributed by atoms with van der Waals surface area (Å²) >= 11 is 2.07. The van der Waals surface area contributed by atoms with Crippen molar-refractivity contribution in [2.75, 3.05) is 31.1 Å². The zero-order valence-electron chi connectivity index (χ0n) is 19.1. The molecule has 0 radical (unpaired) electrons. The zero-order valence-corrected chi connectivity index (χ0v) is 19.9. The molecule has 2 heterocycles. The van der Waals surface area contributed by atoms with E-state index in [9.17, 15) is 4.79 Å². The number of carboxylic acids is 1. The number of hydrogen-bond acceptors (Lipinski definition) is 4. The largest absolute Gasteiger partial charge is 0.489 e. The van der Waals surface area contributed by atoms with E-state index in [0.29, 0.717) is 25.0 Å². The third kappa shape index (κ3) is 6.29. The molecule has 0 bridgehead atoms. The molecule has 2 fully saturated rings. The molecule has 2 saturated heterocycles. The summed E-state index contributed by atoms with van der Waals surface area (Å²) in [5.74, 6) is 4.08. The minimum atomic E-state index is -0.709. The van der Waals surface area contributed by atoms with Crippen molar-refractivity contribution in [3.8, 4) is 5.75 Å². The number of ether oxygens (including phenoxy) is 1. The second kappa shape index (κ2) is 11.2. The molecule has 4 nitrogen and oxygen atoms in total. The Morgan fingerprint density at radius 2 is 1.75 bits per heavy atom. The molecule has 0 saturated carbocycles.